The summed E-state index contributed by atoms with van der Waals surface area (Å²) in [5.41, 5.74) is 2.73. The lowest BCUT2D eigenvalue weighted by atomic mass is 10.1. The standard InChI is InChI=1S/C22H24N4O/c1-17(19-12-6-3-7-13-19)26-22(27)20-15-21(25-16-24-20)23-14-8-11-18-9-4-2-5-10-18/h2-7,9-10,12-13,15-17H,8,11,14H2,1H3,(H,26,27)(H,23,24,25). The molecule has 3 rings (SSSR count). The Morgan fingerprint density at radius 2 is 1.70 bits per heavy atom. The number of anilines is 1. The van der Waals surface area contributed by atoms with E-state index in [4.69, 9.17) is 0 Å². The van der Waals surface area contributed by atoms with Crippen LogP contribution in [0.1, 0.15) is 41.0 Å². The van der Waals surface area contributed by atoms with E-state index in [1.165, 1.54) is 11.9 Å². The minimum atomic E-state index is -0.207. The molecule has 5 heteroatoms. The van der Waals surface area contributed by atoms with Crippen LogP contribution in [0.4, 0.5) is 5.82 Å². The van der Waals surface area contributed by atoms with Gasteiger partial charge in [-0.25, -0.2) is 9.97 Å². The molecule has 2 aromatic carbocycles. The summed E-state index contributed by atoms with van der Waals surface area (Å²) in [5, 5.41) is 6.24. The van der Waals surface area contributed by atoms with Crippen LogP contribution in [0.25, 0.3) is 0 Å². The fraction of sp³-hybridized carbons (Fsp3) is 0.227. The first-order valence-electron chi connectivity index (χ1n) is 9.18. The molecule has 5 nitrogen and oxygen atoms in total. The summed E-state index contributed by atoms with van der Waals surface area (Å²) in [4.78, 5) is 20.8. The van der Waals surface area contributed by atoms with Crippen molar-refractivity contribution in [3.8, 4) is 0 Å². The SMILES string of the molecule is CC(NC(=O)c1cc(NCCCc2ccccc2)ncn1)c1ccccc1. The molecular formula is C22H24N4O. The van der Waals surface area contributed by atoms with Crippen molar-refractivity contribution >= 4 is 11.7 Å². The molecule has 2 N–H and O–H groups in total. The van der Waals surface area contributed by atoms with Crippen LogP contribution >= 0.6 is 0 Å². The number of benzene rings is 2. The lowest BCUT2D eigenvalue weighted by Crippen LogP contribution is -2.27. The summed E-state index contributed by atoms with van der Waals surface area (Å²) in [6, 6.07) is 21.8. The molecule has 27 heavy (non-hydrogen) atoms. The van der Waals surface area contributed by atoms with Crippen LogP contribution < -0.4 is 10.6 Å². The van der Waals surface area contributed by atoms with E-state index in [0.717, 1.165) is 24.9 Å². The van der Waals surface area contributed by atoms with Crippen LogP contribution in [0.15, 0.2) is 73.1 Å². The second-order valence-electron chi connectivity index (χ2n) is 6.41. The van der Waals surface area contributed by atoms with Crippen LogP contribution in [-0.4, -0.2) is 22.4 Å². The molecule has 0 saturated heterocycles. The quantitative estimate of drug-likeness (QED) is 0.596. The molecule has 1 heterocycles. The molecule has 0 aliphatic heterocycles. The highest BCUT2D eigenvalue weighted by molar-refractivity contribution is 5.93. The van der Waals surface area contributed by atoms with E-state index in [1.54, 1.807) is 6.07 Å². The second kappa shape index (κ2) is 9.48. The summed E-state index contributed by atoms with van der Waals surface area (Å²) in [6.07, 6.45) is 3.41. The van der Waals surface area contributed by atoms with Crippen molar-refractivity contribution in [1.29, 1.82) is 0 Å². The van der Waals surface area contributed by atoms with E-state index in [1.807, 2.05) is 43.3 Å². The van der Waals surface area contributed by atoms with Gasteiger partial charge in [-0.15, -0.1) is 0 Å². The highest BCUT2D eigenvalue weighted by atomic mass is 16.1. The number of nitrogens with zero attached hydrogens (tertiary/aromatic N) is 2. The first-order valence-corrected chi connectivity index (χ1v) is 9.18. The zero-order valence-electron chi connectivity index (χ0n) is 15.4. The molecule has 1 amide bonds. The molecule has 0 fully saturated rings. The average Bonchev–Trinajstić information content (AvgIpc) is 2.73. The maximum atomic E-state index is 12.5. The molecule has 1 atom stereocenters. The Kier molecular flexibility index (Phi) is 6.52. The molecule has 3 aromatic rings. The molecule has 1 unspecified atom stereocenters. The van der Waals surface area contributed by atoms with Crippen molar-refractivity contribution in [3.63, 3.8) is 0 Å². The fourth-order valence-corrected chi connectivity index (χ4v) is 2.83. The van der Waals surface area contributed by atoms with Gasteiger partial charge in [0.1, 0.15) is 17.8 Å². The average molecular weight is 360 g/mol. The van der Waals surface area contributed by atoms with Gasteiger partial charge in [-0.1, -0.05) is 60.7 Å². The van der Waals surface area contributed by atoms with E-state index in [9.17, 15) is 4.79 Å². The lowest BCUT2D eigenvalue weighted by Gasteiger charge is -2.14. The summed E-state index contributed by atoms with van der Waals surface area (Å²) >= 11 is 0. The maximum absolute atomic E-state index is 12.5. The number of carbonyl (C=O) groups is 1. The third kappa shape index (κ3) is 5.64. The Balaban J connectivity index is 1.51. The van der Waals surface area contributed by atoms with Crippen molar-refractivity contribution in [2.45, 2.75) is 25.8 Å². The molecule has 0 bridgehead atoms. The summed E-state index contributed by atoms with van der Waals surface area (Å²) in [6.45, 7) is 2.74. The predicted octanol–water partition coefficient (Wildman–Crippen LogP) is 4.01. The zero-order chi connectivity index (χ0) is 18.9. The van der Waals surface area contributed by atoms with Crippen LogP contribution in [-0.2, 0) is 6.42 Å². The summed E-state index contributed by atoms with van der Waals surface area (Å²) < 4.78 is 0. The lowest BCUT2D eigenvalue weighted by molar-refractivity contribution is 0.0934. The molecule has 0 aliphatic rings. The molecule has 0 radical (unpaired) electrons. The van der Waals surface area contributed by atoms with Crippen LogP contribution in [0.3, 0.4) is 0 Å². The third-order valence-corrected chi connectivity index (χ3v) is 4.34. The number of hydrogen-bond acceptors (Lipinski definition) is 4. The first kappa shape index (κ1) is 18.6. The van der Waals surface area contributed by atoms with Gasteiger partial charge in [0, 0.05) is 12.6 Å². The van der Waals surface area contributed by atoms with Gasteiger partial charge in [0.05, 0.1) is 6.04 Å². The Morgan fingerprint density at radius 1 is 1.00 bits per heavy atom. The molecule has 0 saturated carbocycles. The van der Waals surface area contributed by atoms with Gasteiger partial charge >= 0.3 is 0 Å². The number of aryl methyl sites for hydroxylation is 1. The van der Waals surface area contributed by atoms with Crippen molar-refractivity contribution in [3.05, 3.63) is 89.9 Å². The molecular weight excluding hydrogens is 336 g/mol. The second-order valence-corrected chi connectivity index (χ2v) is 6.41. The molecule has 0 aliphatic carbocycles. The minimum Gasteiger partial charge on any atom is -0.370 e. The van der Waals surface area contributed by atoms with Crippen LogP contribution in [0.5, 0.6) is 0 Å². The van der Waals surface area contributed by atoms with E-state index in [2.05, 4.69) is 44.9 Å². The number of hydrogen-bond donors (Lipinski definition) is 2. The number of amides is 1. The smallest absolute Gasteiger partial charge is 0.270 e. The van der Waals surface area contributed by atoms with E-state index in [0.29, 0.717) is 11.5 Å². The van der Waals surface area contributed by atoms with Crippen molar-refractivity contribution < 1.29 is 4.79 Å². The fourth-order valence-electron chi connectivity index (χ4n) is 2.83. The number of nitrogens with one attached hydrogen (secondary N) is 2. The van der Waals surface area contributed by atoms with E-state index < -0.39 is 0 Å². The Bertz CT molecular complexity index is 852. The van der Waals surface area contributed by atoms with Gasteiger partial charge in [0.25, 0.3) is 5.91 Å². The third-order valence-electron chi connectivity index (χ3n) is 4.34. The highest BCUT2D eigenvalue weighted by Crippen LogP contribution is 2.13. The summed E-state index contributed by atoms with van der Waals surface area (Å²) in [5.74, 6) is 0.455. The highest BCUT2D eigenvalue weighted by Gasteiger charge is 2.13. The van der Waals surface area contributed by atoms with Gasteiger partial charge in [0.2, 0.25) is 0 Å². The monoisotopic (exact) mass is 360 g/mol. The number of carbonyl (C=O) groups excluding carboxylic acids is 1. The van der Waals surface area contributed by atoms with Crippen molar-refractivity contribution in [2.24, 2.45) is 0 Å². The van der Waals surface area contributed by atoms with Crippen LogP contribution in [0, 0.1) is 0 Å². The van der Waals surface area contributed by atoms with Gasteiger partial charge in [-0.05, 0) is 30.9 Å². The topological polar surface area (TPSA) is 66.9 Å². The minimum absolute atomic E-state index is 0.0871. The number of aromatic nitrogens is 2. The van der Waals surface area contributed by atoms with Gasteiger partial charge < -0.3 is 10.6 Å². The van der Waals surface area contributed by atoms with Crippen LogP contribution in [0.2, 0.25) is 0 Å². The predicted molar refractivity (Wildman–Crippen MR) is 108 cm³/mol. The van der Waals surface area contributed by atoms with Gasteiger partial charge in [0.15, 0.2) is 0 Å². The summed E-state index contributed by atoms with van der Waals surface area (Å²) in [7, 11) is 0. The van der Waals surface area contributed by atoms with E-state index >= 15 is 0 Å². The van der Waals surface area contributed by atoms with E-state index in [-0.39, 0.29) is 11.9 Å². The number of rotatable bonds is 8. The van der Waals surface area contributed by atoms with Gasteiger partial charge in [-0.3, -0.25) is 4.79 Å². The Hall–Kier alpha value is -3.21. The largest absolute Gasteiger partial charge is 0.370 e. The Labute approximate surface area is 159 Å². The van der Waals surface area contributed by atoms with Gasteiger partial charge in [-0.2, -0.15) is 0 Å². The molecule has 0 spiro atoms. The van der Waals surface area contributed by atoms with Crippen molar-refractivity contribution in [2.75, 3.05) is 11.9 Å². The van der Waals surface area contributed by atoms with Crippen molar-refractivity contribution in [1.82, 2.24) is 15.3 Å². The normalized spacial score (nSPS) is 11.6. The first-order chi connectivity index (χ1) is 13.2. The zero-order valence-corrected chi connectivity index (χ0v) is 15.4. The molecule has 1 aromatic heterocycles. The maximum Gasteiger partial charge on any atom is 0.270 e. The molecule has 138 valence electrons. The Morgan fingerprint density at radius 3 is 2.44 bits per heavy atom.